The number of fused-ring (bicyclic) bond motifs is 9. The van der Waals surface area contributed by atoms with E-state index >= 15 is 4.79 Å². The van der Waals surface area contributed by atoms with Crippen molar-refractivity contribution in [2.24, 2.45) is 0 Å². The molecule has 1 amide bonds. The van der Waals surface area contributed by atoms with Gasteiger partial charge in [-0.15, -0.1) is 11.8 Å². The summed E-state index contributed by atoms with van der Waals surface area (Å²) in [5, 5.41) is 26.3. The maximum absolute atomic E-state index is 15.1. The number of hydrogen-bond acceptors (Lipinski definition) is 18. The lowest BCUT2D eigenvalue weighted by Crippen LogP contribution is -2.71. The number of rotatable bonds is 8. The van der Waals surface area contributed by atoms with Crippen molar-refractivity contribution in [3.05, 3.63) is 88.0 Å². The molecule has 7 heterocycles. The Hall–Kier alpha value is -6.62. The minimum atomic E-state index is -1.57. The number of ether oxygens (including phenoxy) is 9. The van der Waals surface area contributed by atoms with Crippen LogP contribution in [-0.2, 0) is 42.2 Å². The molecule has 3 aromatic rings. The molecule has 0 radical (unpaired) electrons. The number of aryl methyl sites for hydroxylation is 1. The fourth-order valence-electron chi connectivity index (χ4n) is 10.7. The fraction of sp³-hybridized carbons (Fsp3) is 0.426. The van der Waals surface area contributed by atoms with Crippen LogP contribution in [0.1, 0.15) is 68.8 Å². The summed E-state index contributed by atoms with van der Waals surface area (Å²) in [4.78, 5) is 59.0. The number of nitrogens with one attached hydrogen (secondary N) is 1. The second-order valence-electron chi connectivity index (χ2n) is 16.6. The Morgan fingerprint density at radius 1 is 0.985 bits per heavy atom. The molecule has 346 valence electrons. The highest BCUT2D eigenvalue weighted by atomic mass is 32.2. The smallest absolute Gasteiger partial charge is 0.504 e. The second-order valence-corrected chi connectivity index (χ2v) is 17.8. The molecule has 2 fully saturated rings. The molecule has 7 atom stereocenters. The normalized spacial score (nSPS) is 25.4. The number of esters is 2. The third kappa shape index (κ3) is 6.83. The van der Waals surface area contributed by atoms with Gasteiger partial charge in [0.2, 0.25) is 6.79 Å². The monoisotopic (exact) mass is 924 g/mol. The first kappa shape index (κ1) is 44.6. The van der Waals surface area contributed by atoms with E-state index in [1.165, 1.54) is 50.0 Å². The summed E-state index contributed by atoms with van der Waals surface area (Å²) in [6.45, 7) is 11.7. The number of amides is 1. The Kier molecular flexibility index (Phi) is 11.7. The summed E-state index contributed by atoms with van der Waals surface area (Å²) in [6.07, 6.45) is 1.72. The van der Waals surface area contributed by atoms with Crippen LogP contribution < -0.4 is 33.7 Å². The standard InChI is InChI=1S/C47H48N4O14S/c1-8-12-59-45(55)51-28-15-26-14-22(3)39(58-7)38(53)33(26)36(51)37-43-35-34(42-41(62-21-63-42)23(4)40(35)64-24(5)52)30(50(37)29(28)18-48)19-61-44(54)47(20-66-43)27-17-31(57-6)32(16-25(27)10-11-49-47)65-46(56)60-13-9-2/h8-9,14,16-17,28-30,36-37,43,49,53H,1-2,10-13,15,19-21H2,3-7H3/t28-,29+,30+,36+,37?,43-,47-/m1/s1. The number of piperazine rings is 1. The molecular weight excluding hydrogens is 877 g/mol. The Balaban J connectivity index is 1.30. The van der Waals surface area contributed by atoms with E-state index in [0.29, 0.717) is 69.0 Å². The molecule has 0 aromatic heterocycles. The van der Waals surface area contributed by atoms with Crippen molar-refractivity contribution in [2.45, 2.75) is 74.6 Å². The molecule has 0 saturated carbocycles. The van der Waals surface area contributed by atoms with Crippen molar-refractivity contribution in [3.8, 4) is 46.3 Å². The molecule has 2 saturated heterocycles. The average molecular weight is 925 g/mol. The molecule has 2 N–H and O–H groups in total. The fourth-order valence-corrected chi connectivity index (χ4v) is 12.4. The highest BCUT2D eigenvalue weighted by Crippen LogP contribution is 2.65. The molecular formula is C47H48N4O14S. The van der Waals surface area contributed by atoms with Gasteiger partial charge >= 0.3 is 24.2 Å². The zero-order valence-corrected chi connectivity index (χ0v) is 37.7. The Morgan fingerprint density at radius 3 is 2.45 bits per heavy atom. The number of nitrogens with zero attached hydrogens (tertiary/aromatic N) is 3. The van der Waals surface area contributed by atoms with Gasteiger partial charge in [-0.25, -0.2) is 14.4 Å². The van der Waals surface area contributed by atoms with E-state index in [1.807, 2.05) is 17.9 Å². The zero-order chi connectivity index (χ0) is 46.8. The summed E-state index contributed by atoms with van der Waals surface area (Å²) in [5.41, 5.74) is 2.83. The van der Waals surface area contributed by atoms with Crippen LogP contribution in [0.4, 0.5) is 9.59 Å². The van der Waals surface area contributed by atoms with Crippen molar-refractivity contribution < 1.29 is 66.9 Å². The summed E-state index contributed by atoms with van der Waals surface area (Å²) in [7, 11) is 2.85. The molecule has 66 heavy (non-hydrogen) atoms. The van der Waals surface area contributed by atoms with E-state index in [4.69, 9.17) is 42.6 Å². The van der Waals surface area contributed by atoms with Gasteiger partial charge in [-0.1, -0.05) is 31.4 Å². The van der Waals surface area contributed by atoms with Crippen LogP contribution >= 0.6 is 11.8 Å². The lowest BCUT2D eigenvalue weighted by Gasteiger charge is -2.62. The summed E-state index contributed by atoms with van der Waals surface area (Å²) in [6, 6.07) is 2.88. The molecule has 4 bridgehead atoms. The average Bonchev–Trinajstić information content (AvgIpc) is 3.79. The van der Waals surface area contributed by atoms with Crippen LogP contribution in [-0.4, -0.2) is 110 Å². The Morgan fingerprint density at radius 2 is 1.74 bits per heavy atom. The van der Waals surface area contributed by atoms with Gasteiger partial charge in [-0.2, -0.15) is 5.26 Å². The Labute approximate surface area is 384 Å². The number of phenolic OH excluding ortho intramolecular Hbond substituents is 1. The highest BCUT2D eigenvalue weighted by molar-refractivity contribution is 7.99. The minimum absolute atomic E-state index is 0.0416. The molecule has 1 unspecified atom stereocenters. The molecule has 0 aliphatic carbocycles. The number of aromatic hydroxyl groups is 1. The van der Waals surface area contributed by atoms with E-state index in [-0.39, 0.29) is 67.5 Å². The van der Waals surface area contributed by atoms with Gasteiger partial charge in [0.15, 0.2) is 40.0 Å². The van der Waals surface area contributed by atoms with Gasteiger partial charge in [0.05, 0.1) is 49.7 Å². The second kappa shape index (κ2) is 17.3. The van der Waals surface area contributed by atoms with Crippen LogP contribution in [0, 0.1) is 25.2 Å². The molecule has 10 rings (SSSR count). The van der Waals surface area contributed by atoms with Gasteiger partial charge in [-0.05, 0) is 61.1 Å². The predicted molar refractivity (Wildman–Crippen MR) is 234 cm³/mol. The van der Waals surface area contributed by atoms with Gasteiger partial charge in [0.25, 0.3) is 0 Å². The third-order valence-corrected chi connectivity index (χ3v) is 14.6. The first-order valence-electron chi connectivity index (χ1n) is 21.3. The van der Waals surface area contributed by atoms with Crippen LogP contribution in [0.2, 0.25) is 0 Å². The number of nitriles is 1. The summed E-state index contributed by atoms with van der Waals surface area (Å²) in [5.74, 6) is -0.178. The topological polar surface area (TPSA) is 214 Å². The molecule has 7 aliphatic heterocycles. The third-order valence-electron chi connectivity index (χ3n) is 13.2. The highest BCUT2D eigenvalue weighted by Gasteiger charge is 2.63. The van der Waals surface area contributed by atoms with Crippen molar-refractivity contribution in [1.29, 1.82) is 5.26 Å². The van der Waals surface area contributed by atoms with E-state index < -0.39 is 65.2 Å². The molecule has 1 spiro atoms. The first-order chi connectivity index (χ1) is 31.8. The van der Waals surface area contributed by atoms with Crippen LogP contribution in [0.5, 0.6) is 40.2 Å². The summed E-state index contributed by atoms with van der Waals surface area (Å²) >= 11 is 1.31. The van der Waals surface area contributed by atoms with Crippen LogP contribution in [0.25, 0.3) is 0 Å². The van der Waals surface area contributed by atoms with Crippen molar-refractivity contribution in [1.82, 2.24) is 15.1 Å². The van der Waals surface area contributed by atoms with Crippen LogP contribution in [0.15, 0.2) is 43.5 Å². The van der Waals surface area contributed by atoms with E-state index in [0.717, 1.165) is 0 Å². The van der Waals surface area contributed by atoms with Crippen molar-refractivity contribution in [2.75, 3.05) is 53.1 Å². The number of thioether (sulfide) groups is 1. The first-order valence-corrected chi connectivity index (χ1v) is 22.4. The number of hydrogen-bond donors (Lipinski definition) is 2. The maximum Gasteiger partial charge on any atom is 0.514 e. The van der Waals surface area contributed by atoms with Crippen molar-refractivity contribution >= 4 is 35.9 Å². The molecule has 18 nitrogen and oxygen atoms in total. The van der Waals surface area contributed by atoms with Gasteiger partial charge in [0, 0.05) is 41.5 Å². The molecule has 3 aromatic carbocycles. The predicted octanol–water partition coefficient (Wildman–Crippen LogP) is 5.68. The number of carbonyl (C=O) groups excluding carboxylic acids is 4. The number of methoxy groups -OCH3 is 2. The van der Waals surface area contributed by atoms with E-state index in [1.54, 1.807) is 19.1 Å². The van der Waals surface area contributed by atoms with Gasteiger partial charge < -0.3 is 47.7 Å². The quantitative estimate of drug-likeness (QED) is 0.0915. The van der Waals surface area contributed by atoms with Crippen molar-refractivity contribution in [3.63, 3.8) is 0 Å². The molecule has 19 heteroatoms. The maximum atomic E-state index is 15.1. The minimum Gasteiger partial charge on any atom is -0.504 e. The number of phenols is 1. The van der Waals surface area contributed by atoms with Gasteiger partial charge in [0.1, 0.15) is 31.6 Å². The SMILES string of the molecule is C=CCOC(=O)Oc1cc2c(cc1OC)[C@@]1(CS[C@@H]3c4c(OC(C)=O)c(C)c5c(c4[C@H](COC1=O)N1C3[C@@H]3c4c(cc(C)c(OC)c4O)C[C@H]([C@@H]1C#N)N3C(=O)OCC=C)OCO5)NCC2. The van der Waals surface area contributed by atoms with Gasteiger partial charge in [-0.3, -0.25) is 19.9 Å². The van der Waals surface area contributed by atoms with Crippen LogP contribution in [0.3, 0.4) is 0 Å². The summed E-state index contributed by atoms with van der Waals surface area (Å²) < 4.78 is 52.8. The lowest BCUT2D eigenvalue weighted by molar-refractivity contribution is -0.157. The zero-order valence-electron chi connectivity index (χ0n) is 36.9. The van der Waals surface area contributed by atoms with E-state index in [9.17, 15) is 24.8 Å². The molecule has 7 aliphatic rings. The number of carbonyl (C=O) groups is 4. The number of benzene rings is 3. The lowest BCUT2D eigenvalue weighted by atomic mass is 9.71. The van der Waals surface area contributed by atoms with E-state index in [2.05, 4.69) is 24.5 Å². The largest absolute Gasteiger partial charge is 0.514 e. The Bertz CT molecular complexity index is 2630.